The summed E-state index contributed by atoms with van der Waals surface area (Å²) in [4.78, 5) is 1.44. The van der Waals surface area contributed by atoms with E-state index in [-0.39, 0.29) is 0 Å². The summed E-state index contributed by atoms with van der Waals surface area (Å²) in [6, 6.07) is 0. The molecule has 0 saturated carbocycles. The molecule has 0 aromatic heterocycles. The van der Waals surface area contributed by atoms with Crippen LogP contribution in [0.3, 0.4) is 0 Å². The van der Waals surface area contributed by atoms with Crippen molar-refractivity contribution in [3.05, 3.63) is 12.4 Å². The lowest BCUT2D eigenvalue weighted by Gasteiger charge is -2.10. The van der Waals surface area contributed by atoms with Crippen molar-refractivity contribution in [1.29, 1.82) is 0 Å². The maximum atomic E-state index is 12.1. The fourth-order valence-corrected chi connectivity index (χ4v) is 0.433. The molecule has 0 fully saturated rings. The fraction of sp³-hybridized carbons (Fsp3) is 0.500. The van der Waals surface area contributed by atoms with E-state index in [0.29, 0.717) is 0 Å². The highest BCUT2D eigenvalue weighted by Crippen LogP contribution is 1.99. The normalized spacial score (nSPS) is 28.3. The lowest BCUT2D eigenvalue weighted by molar-refractivity contribution is 0.157. The molecule has 1 rings (SSSR count). The number of rotatable bonds is 0. The van der Waals surface area contributed by atoms with Crippen molar-refractivity contribution < 1.29 is 4.39 Å². The van der Waals surface area contributed by atoms with E-state index < -0.39 is 6.42 Å². The van der Waals surface area contributed by atoms with Gasteiger partial charge in [0, 0.05) is 19.4 Å². The van der Waals surface area contributed by atoms with E-state index in [2.05, 4.69) is 5.32 Å². The Hall–Kier alpha value is -0.730. The third-order valence-corrected chi connectivity index (χ3v) is 0.901. The molecule has 0 amide bonds. The van der Waals surface area contributed by atoms with Gasteiger partial charge < -0.3 is 10.2 Å². The van der Waals surface area contributed by atoms with Crippen molar-refractivity contribution in [2.24, 2.45) is 0 Å². The van der Waals surface area contributed by atoms with E-state index in [4.69, 9.17) is 0 Å². The van der Waals surface area contributed by atoms with Gasteiger partial charge in [-0.3, -0.25) is 0 Å². The maximum Gasteiger partial charge on any atom is 0.246 e. The Kier molecular flexibility index (Phi) is 0.889. The van der Waals surface area contributed by atoms with Gasteiger partial charge in [-0.2, -0.15) is 4.39 Å². The highest BCUT2D eigenvalue weighted by Gasteiger charge is 2.09. The molecule has 0 saturated heterocycles. The van der Waals surface area contributed by atoms with Gasteiger partial charge >= 0.3 is 0 Å². The number of hydrogen-bond donors (Lipinski definition) is 1. The number of nitrogens with one attached hydrogen (secondary N) is 1. The van der Waals surface area contributed by atoms with Crippen LogP contribution in [0.1, 0.15) is 0 Å². The summed E-state index contributed by atoms with van der Waals surface area (Å²) in [7, 11) is 1.67. The summed E-state index contributed by atoms with van der Waals surface area (Å²) in [5.74, 6) is 0. The van der Waals surface area contributed by atoms with E-state index in [0.717, 1.165) is 0 Å². The van der Waals surface area contributed by atoms with E-state index in [9.17, 15) is 4.39 Å². The first-order chi connectivity index (χ1) is 3.30. The Labute approximate surface area is 41.6 Å². The number of alkyl halides is 1. The molecule has 0 aromatic carbocycles. The molecule has 7 heavy (non-hydrogen) atoms. The van der Waals surface area contributed by atoms with Crippen LogP contribution in [-0.4, -0.2) is 18.4 Å². The minimum absolute atomic E-state index is 1.01. The number of halogens is 1. The highest BCUT2D eigenvalue weighted by molar-refractivity contribution is 4.87. The zero-order chi connectivity index (χ0) is 5.28. The molecule has 0 bridgehead atoms. The average molecular weight is 102 g/mol. The Morgan fingerprint density at radius 2 is 2.57 bits per heavy atom. The molecule has 1 aliphatic rings. The van der Waals surface area contributed by atoms with Gasteiger partial charge in [0.2, 0.25) is 6.42 Å². The topological polar surface area (TPSA) is 15.3 Å². The monoisotopic (exact) mass is 102 g/mol. The summed E-state index contributed by atoms with van der Waals surface area (Å²) >= 11 is 0. The predicted molar refractivity (Wildman–Crippen MR) is 24.9 cm³/mol. The summed E-state index contributed by atoms with van der Waals surface area (Å²) in [6.45, 7) is 0. The Morgan fingerprint density at radius 1 is 1.86 bits per heavy atom. The van der Waals surface area contributed by atoms with Crippen molar-refractivity contribution in [1.82, 2.24) is 10.2 Å². The Bertz CT molecular complexity index is 91.7. The molecule has 1 N–H and O–H groups in total. The minimum Gasteiger partial charge on any atom is -0.344 e. The lowest BCUT2D eigenvalue weighted by Crippen LogP contribution is -2.26. The third kappa shape index (κ3) is 0.656. The smallest absolute Gasteiger partial charge is 0.246 e. The van der Waals surface area contributed by atoms with Gasteiger partial charge in [0.15, 0.2) is 0 Å². The maximum absolute atomic E-state index is 12.1. The summed E-state index contributed by atoms with van der Waals surface area (Å²) in [5.41, 5.74) is 0. The zero-order valence-corrected chi connectivity index (χ0v) is 4.06. The van der Waals surface area contributed by atoms with Crippen molar-refractivity contribution in [2.75, 3.05) is 7.05 Å². The standard InChI is InChI=1S/C4H7FN2/c1-7-3-2-6-4(7)5/h2-4,6H,1H3. The Balaban J connectivity index is 2.45. The molecule has 1 aliphatic heterocycles. The summed E-state index contributed by atoms with van der Waals surface area (Å²) in [6.07, 6.45) is 2.20. The molecule has 1 unspecified atom stereocenters. The van der Waals surface area contributed by atoms with Crippen LogP contribution in [0.25, 0.3) is 0 Å². The SMILES string of the molecule is CN1C=CNC1F. The van der Waals surface area contributed by atoms with Gasteiger partial charge in [0.25, 0.3) is 0 Å². The third-order valence-electron chi connectivity index (χ3n) is 0.901. The van der Waals surface area contributed by atoms with Crippen molar-refractivity contribution in [3.8, 4) is 0 Å². The first-order valence-electron chi connectivity index (χ1n) is 2.09. The van der Waals surface area contributed by atoms with Crippen LogP contribution in [0.4, 0.5) is 4.39 Å². The van der Waals surface area contributed by atoms with Gasteiger partial charge in [-0.25, -0.2) is 0 Å². The molecule has 0 aliphatic carbocycles. The molecule has 0 aromatic rings. The van der Waals surface area contributed by atoms with Gasteiger partial charge in [-0.15, -0.1) is 0 Å². The molecule has 40 valence electrons. The molecule has 0 radical (unpaired) electrons. The van der Waals surface area contributed by atoms with Gasteiger partial charge in [0.1, 0.15) is 0 Å². The highest BCUT2D eigenvalue weighted by atomic mass is 19.1. The predicted octanol–water partition coefficient (Wildman–Crippen LogP) is 0.246. The zero-order valence-electron chi connectivity index (χ0n) is 4.06. The first-order valence-corrected chi connectivity index (χ1v) is 2.09. The lowest BCUT2D eigenvalue weighted by atomic mass is 10.8. The van der Waals surface area contributed by atoms with Crippen LogP contribution in [0.2, 0.25) is 0 Å². The van der Waals surface area contributed by atoms with Crippen LogP contribution in [0.15, 0.2) is 12.4 Å². The van der Waals surface area contributed by atoms with Crippen LogP contribution in [0, 0.1) is 0 Å². The van der Waals surface area contributed by atoms with Gasteiger partial charge in [0.05, 0.1) is 0 Å². The van der Waals surface area contributed by atoms with Gasteiger partial charge in [-0.1, -0.05) is 0 Å². The fourth-order valence-electron chi connectivity index (χ4n) is 0.433. The van der Waals surface area contributed by atoms with Gasteiger partial charge in [-0.05, 0) is 0 Å². The minimum atomic E-state index is -1.01. The molecule has 2 nitrogen and oxygen atoms in total. The van der Waals surface area contributed by atoms with E-state index in [1.807, 2.05) is 0 Å². The molecular formula is C4H7FN2. The van der Waals surface area contributed by atoms with Crippen molar-refractivity contribution in [3.63, 3.8) is 0 Å². The molecule has 1 atom stereocenters. The second-order valence-corrected chi connectivity index (χ2v) is 1.48. The van der Waals surface area contributed by atoms with Crippen LogP contribution >= 0.6 is 0 Å². The molecule has 3 heteroatoms. The second kappa shape index (κ2) is 1.40. The summed E-state index contributed by atoms with van der Waals surface area (Å²) < 4.78 is 12.1. The van der Waals surface area contributed by atoms with Crippen LogP contribution < -0.4 is 5.32 Å². The van der Waals surface area contributed by atoms with E-state index in [1.165, 1.54) is 4.90 Å². The first kappa shape index (κ1) is 4.43. The second-order valence-electron chi connectivity index (χ2n) is 1.48. The number of nitrogens with zero attached hydrogens (tertiary/aromatic N) is 1. The van der Waals surface area contributed by atoms with Crippen LogP contribution in [0.5, 0.6) is 0 Å². The molecular weight excluding hydrogens is 95.1 g/mol. The van der Waals surface area contributed by atoms with Crippen molar-refractivity contribution in [2.45, 2.75) is 6.42 Å². The quantitative estimate of drug-likeness (QED) is 0.441. The van der Waals surface area contributed by atoms with Crippen LogP contribution in [-0.2, 0) is 0 Å². The van der Waals surface area contributed by atoms with Crippen molar-refractivity contribution >= 4 is 0 Å². The molecule has 0 spiro atoms. The largest absolute Gasteiger partial charge is 0.344 e. The Morgan fingerprint density at radius 3 is 2.71 bits per heavy atom. The van der Waals surface area contributed by atoms with E-state index >= 15 is 0 Å². The summed E-state index contributed by atoms with van der Waals surface area (Å²) in [5, 5.41) is 2.45. The molecule has 1 heterocycles. The average Bonchev–Trinajstić information content (AvgIpc) is 1.91. The van der Waals surface area contributed by atoms with E-state index in [1.54, 1.807) is 19.4 Å². The number of hydrogen-bond acceptors (Lipinski definition) is 2.